The summed E-state index contributed by atoms with van der Waals surface area (Å²) in [5, 5.41) is 18.4. The van der Waals surface area contributed by atoms with Crippen molar-refractivity contribution in [1.82, 2.24) is 14.5 Å². The number of hydrogen-bond acceptors (Lipinski definition) is 5. The number of fused-ring (bicyclic) bond motifs is 1. The van der Waals surface area contributed by atoms with Crippen LogP contribution in [0, 0.1) is 0 Å². The van der Waals surface area contributed by atoms with E-state index in [0.29, 0.717) is 5.39 Å². The molecule has 0 amide bonds. The smallest absolute Gasteiger partial charge is 0.284 e. The molecule has 0 aliphatic heterocycles. The lowest BCUT2D eigenvalue weighted by Gasteiger charge is -2.17. The monoisotopic (exact) mass is 275 g/mol. The molecule has 0 aliphatic rings. The van der Waals surface area contributed by atoms with E-state index in [-0.39, 0.29) is 10.8 Å². The molecule has 1 atom stereocenters. The Labute approximate surface area is 107 Å². The van der Waals surface area contributed by atoms with Gasteiger partial charge in [-0.05, 0) is 6.07 Å². The number of halogens is 2. The molecule has 98 valence electrons. The van der Waals surface area contributed by atoms with Crippen molar-refractivity contribution >= 4 is 22.6 Å². The number of rotatable bonds is 5. The van der Waals surface area contributed by atoms with Crippen molar-refractivity contribution in [3.63, 3.8) is 0 Å². The van der Waals surface area contributed by atoms with Crippen LogP contribution in [-0.4, -0.2) is 44.1 Å². The molecule has 8 heteroatoms. The molecule has 0 aliphatic carbocycles. The molecule has 2 heterocycles. The first kappa shape index (κ1) is 13.2. The Kier molecular flexibility index (Phi) is 4.07. The predicted molar refractivity (Wildman–Crippen MR) is 61.7 cm³/mol. The zero-order valence-corrected chi connectivity index (χ0v) is 9.96. The van der Waals surface area contributed by atoms with Gasteiger partial charge in [0.2, 0.25) is 0 Å². The highest BCUT2D eigenvalue weighted by atomic mass is 35.5. The first-order valence-electron chi connectivity index (χ1n) is 5.15. The van der Waals surface area contributed by atoms with Gasteiger partial charge in [0.1, 0.15) is 23.2 Å². The Morgan fingerprint density at radius 1 is 1.39 bits per heavy atom. The molecule has 0 aromatic carbocycles. The normalized spacial score (nSPS) is 13.4. The minimum Gasteiger partial charge on any atom is -0.394 e. The van der Waals surface area contributed by atoms with Crippen molar-refractivity contribution in [2.45, 2.75) is 12.6 Å². The lowest BCUT2D eigenvalue weighted by molar-refractivity contribution is -0.154. The Morgan fingerprint density at radius 3 is 2.78 bits per heavy atom. The Balaban J connectivity index is 2.28. The predicted octanol–water partition coefficient (Wildman–Crippen LogP) is 0.880. The number of aliphatic hydroxyl groups excluding tert-OH is 2. The first-order chi connectivity index (χ1) is 8.67. The fourth-order valence-corrected chi connectivity index (χ4v) is 1.66. The van der Waals surface area contributed by atoms with E-state index in [1.54, 1.807) is 6.07 Å². The van der Waals surface area contributed by atoms with E-state index in [9.17, 15) is 4.39 Å². The van der Waals surface area contributed by atoms with Crippen LogP contribution in [0.4, 0.5) is 4.39 Å². The van der Waals surface area contributed by atoms with E-state index in [0.717, 1.165) is 4.57 Å². The minimum atomic E-state index is -1.88. The van der Waals surface area contributed by atoms with E-state index in [4.69, 9.17) is 26.6 Å². The van der Waals surface area contributed by atoms with E-state index in [1.807, 2.05) is 0 Å². The molecule has 0 radical (unpaired) electrons. The first-order valence-corrected chi connectivity index (χ1v) is 5.53. The second-order valence-corrected chi connectivity index (χ2v) is 3.90. The van der Waals surface area contributed by atoms with Gasteiger partial charge in [0.05, 0.1) is 18.6 Å². The highest BCUT2D eigenvalue weighted by Gasteiger charge is 2.19. The average molecular weight is 276 g/mol. The van der Waals surface area contributed by atoms with Crippen LogP contribution in [0.5, 0.6) is 0 Å². The van der Waals surface area contributed by atoms with Crippen LogP contribution in [0.15, 0.2) is 18.6 Å². The van der Waals surface area contributed by atoms with Gasteiger partial charge in [-0.15, -0.1) is 0 Å². The van der Waals surface area contributed by atoms with Crippen LogP contribution in [0.1, 0.15) is 6.48 Å². The zero-order valence-electron chi connectivity index (χ0n) is 9.20. The van der Waals surface area contributed by atoms with Crippen LogP contribution < -0.4 is 0 Å². The summed E-state index contributed by atoms with van der Waals surface area (Å²) >= 11 is 5.83. The summed E-state index contributed by atoms with van der Waals surface area (Å²) in [6, 6.07) is 1.56. The third-order valence-electron chi connectivity index (χ3n) is 2.39. The number of aliphatic hydroxyl groups is 2. The van der Waals surface area contributed by atoms with Gasteiger partial charge >= 0.3 is 0 Å². The molecule has 0 fully saturated rings. The molecular formula is C10H11ClFN3O3. The maximum atomic E-state index is 13.9. The van der Waals surface area contributed by atoms with Crippen molar-refractivity contribution in [2.75, 3.05) is 13.2 Å². The van der Waals surface area contributed by atoms with Gasteiger partial charge in [0.25, 0.3) is 6.48 Å². The summed E-state index contributed by atoms with van der Waals surface area (Å²) < 4.78 is 19.8. The van der Waals surface area contributed by atoms with Crippen molar-refractivity contribution in [1.29, 1.82) is 0 Å². The second-order valence-electron chi connectivity index (χ2n) is 3.54. The molecule has 2 aromatic heterocycles. The molecule has 18 heavy (non-hydrogen) atoms. The molecule has 0 bridgehead atoms. The van der Waals surface area contributed by atoms with E-state index in [2.05, 4.69) is 9.97 Å². The van der Waals surface area contributed by atoms with Crippen molar-refractivity contribution in [3.05, 3.63) is 23.7 Å². The van der Waals surface area contributed by atoms with E-state index in [1.165, 1.54) is 12.5 Å². The van der Waals surface area contributed by atoms with Crippen LogP contribution in [0.2, 0.25) is 5.15 Å². The maximum Gasteiger partial charge on any atom is 0.284 e. The number of hydrogen-bond donors (Lipinski definition) is 2. The topological polar surface area (TPSA) is 80.4 Å². The van der Waals surface area contributed by atoms with Crippen LogP contribution in [-0.2, 0) is 4.74 Å². The SMILES string of the molecule is OCC(CO)OC(F)n1ccc2c(Cl)ncnc21. The number of nitrogens with zero attached hydrogens (tertiary/aromatic N) is 3. The third kappa shape index (κ3) is 2.44. The van der Waals surface area contributed by atoms with Crippen molar-refractivity contribution in [3.8, 4) is 0 Å². The van der Waals surface area contributed by atoms with E-state index >= 15 is 0 Å². The second kappa shape index (κ2) is 5.57. The standard InChI is InChI=1S/C10H11ClFN3O3/c11-8-7-1-2-15(9(7)14-5-13-8)10(12)18-6(3-16)4-17/h1-2,5-6,10,16-17H,3-4H2. The lowest BCUT2D eigenvalue weighted by atomic mass is 10.4. The summed E-state index contributed by atoms with van der Waals surface area (Å²) in [7, 11) is 0. The molecule has 1 unspecified atom stereocenters. The van der Waals surface area contributed by atoms with Crippen LogP contribution in [0.3, 0.4) is 0 Å². The minimum absolute atomic E-state index is 0.215. The Morgan fingerprint density at radius 2 is 2.11 bits per heavy atom. The summed E-state index contributed by atoms with van der Waals surface area (Å²) in [6.07, 6.45) is 1.63. The largest absolute Gasteiger partial charge is 0.394 e. The maximum absolute atomic E-state index is 13.9. The highest BCUT2D eigenvalue weighted by molar-refractivity contribution is 6.33. The molecule has 2 rings (SSSR count). The number of ether oxygens (including phenoxy) is 1. The molecule has 0 saturated carbocycles. The van der Waals surface area contributed by atoms with Gasteiger partial charge in [0.15, 0.2) is 0 Å². The molecule has 6 nitrogen and oxygen atoms in total. The van der Waals surface area contributed by atoms with Crippen LogP contribution >= 0.6 is 11.6 Å². The molecular weight excluding hydrogens is 265 g/mol. The quantitative estimate of drug-likeness (QED) is 0.792. The zero-order chi connectivity index (χ0) is 13.1. The number of alkyl halides is 1. The summed E-state index contributed by atoms with van der Waals surface area (Å²) in [5.74, 6) is 0. The fourth-order valence-electron chi connectivity index (χ4n) is 1.47. The van der Waals surface area contributed by atoms with Crippen molar-refractivity contribution in [2.24, 2.45) is 0 Å². The molecule has 2 N–H and O–H groups in total. The van der Waals surface area contributed by atoms with Gasteiger partial charge in [-0.2, -0.15) is 4.39 Å². The Bertz CT molecular complexity index is 532. The number of aromatic nitrogens is 3. The Hall–Kier alpha value is -1.28. The van der Waals surface area contributed by atoms with Gasteiger partial charge in [-0.25, -0.2) is 9.97 Å². The summed E-state index contributed by atoms with van der Waals surface area (Å²) in [5.41, 5.74) is 0.275. The van der Waals surface area contributed by atoms with Gasteiger partial charge < -0.3 is 14.9 Å². The van der Waals surface area contributed by atoms with E-state index < -0.39 is 25.8 Å². The third-order valence-corrected chi connectivity index (χ3v) is 2.69. The van der Waals surface area contributed by atoms with Crippen LogP contribution in [0.25, 0.3) is 11.0 Å². The van der Waals surface area contributed by atoms with Crippen molar-refractivity contribution < 1.29 is 19.3 Å². The average Bonchev–Trinajstić information content (AvgIpc) is 2.81. The molecule has 0 spiro atoms. The summed E-state index contributed by atoms with van der Waals surface area (Å²) in [6.45, 7) is -2.84. The lowest BCUT2D eigenvalue weighted by Crippen LogP contribution is -2.25. The van der Waals surface area contributed by atoms with Gasteiger partial charge in [0, 0.05) is 6.20 Å². The highest BCUT2D eigenvalue weighted by Crippen LogP contribution is 2.24. The van der Waals surface area contributed by atoms with Gasteiger partial charge in [-0.1, -0.05) is 11.6 Å². The van der Waals surface area contributed by atoms with Gasteiger partial charge in [-0.3, -0.25) is 4.57 Å². The fraction of sp³-hybridized carbons (Fsp3) is 0.400. The molecule has 0 saturated heterocycles. The summed E-state index contributed by atoms with van der Waals surface area (Å²) in [4.78, 5) is 7.68. The molecule has 2 aromatic rings.